The minimum atomic E-state index is -1.27. The summed E-state index contributed by atoms with van der Waals surface area (Å²) in [7, 11) is 0. The molecule has 0 amide bonds. The van der Waals surface area contributed by atoms with Crippen LogP contribution in [-0.4, -0.2) is 52.0 Å². The van der Waals surface area contributed by atoms with Gasteiger partial charge < -0.3 is 18.9 Å². The van der Waals surface area contributed by atoms with Crippen LogP contribution in [0.5, 0.6) is 0 Å². The molecule has 1 aliphatic heterocycles. The lowest BCUT2D eigenvalue weighted by atomic mass is 10.0. The van der Waals surface area contributed by atoms with Crippen LogP contribution in [-0.2, 0) is 39.9 Å². The molecule has 1 fully saturated rings. The molecular formula is C28H28N2O9. The van der Waals surface area contributed by atoms with Gasteiger partial charge in [-0.25, -0.2) is 4.79 Å². The lowest BCUT2D eigenvalue weighted by Gasteiger charge is -2.24. The van der Waals surface area contributed by atoms with Crippen LogP contribution in [0.4, 0.5) is 0 Å². The van der Waals surface area contributed by atoms with Crippen molar-refractivity contribution in [2.24, 2.45) is 0 Å². The van der Waals surface area contributed by atoms with Gasteiger partial charge in [0.1, 0.15) is 12.7 Å². The van der Waals surface area contributed by atoms with E-state index in [2.05, 4.69) is 0 Å². The number of hydrogen-bond donors (Lipinski definition) is 0. The van der Waals surface area contributed by atoms with Crippen molar-refractivity contribution in [1.29, 1.82) is 0 Å². The number of nitrogens with zero attached hydrogens (tertiary/aromatic N) is 2. The number of hydrogen-bond acceptors (Lipinski definition) is 9. The highest BCUT2D eigenvalue weighted by molar-refractivity contribution is 5.68. The van der Waals surface area contributed by atoms with E-state index in [0.717, 1.165) is 34.1 Å². The van der Waals surface area contributed by atoms with Crippen LogP contribution in [0.3, 0.4) is 0 Å². The van der Waals surface area contributed by atoms with Gasteiger partial charge in [0.05, 0.1) is 6.54 Å². The van der Waals surface area contributed by atoms with Crippen LogP contribution in [0.25, 0.3) is 11.1 Å². The minimum Gasteiger partial charge on any atom is -0.463 e. The Morgan fingerprint density at radius 1 is 0.821 bits per heavy atom. The van der Waals surface area contributed by atoms with Crippen LogP contribution in [0.15, 0.2) is 76.4 Å². The first-order chi connectivity index (χ1) is 18.6. The van der Waals surface area contributed by atoms with Gasteiger partial charge in [-0.15, -0.1) is 0 Å². The second kappa shape index (κ2) is 11.9. The Balaban J connectivity index is 1.70. The van der Waals surface area contributed by atoms with Crippen molar-refractivity contribution in [3.63, 3.8) is 0 Å². The molecule has 3 aromatic rings. The maximum absolute atomic E-state index is 13.6. The Hall–Kier alpha value is -4.51. The number of carbonyl (C=O) groups is 3. The molecular weight excluding hydrogens is 508 g/mol. The fraction of sp³-hybridized carbons (Fsp3) is 0.321. The van der Waals surface area contributed by atoms with Gasteiger partial charge in [0, 0.05) is 33.0 Å². The molecule has 4 rings (SSSR count). The normalized spacial score (nSPS) is 20.3. The topological polar surface area (TPSA) is 132 Å². The van der Waals surface area contributed by atoms with E-state index in [4.69, 9.17) is 18.9 Å². The van der Waals surface area contributed by atoms with E-state index in [1.807, 2.05) is 48.5 Å². The van der Waals surface area contributed by atoms with E-state index >= 15 is 0 Å². The third-order valence-electron chi connectivity index (χ3n) is 6.08. The molecule has 0 saturated carbocycles. The number of aromatic nitrogens is 2. The van der Waals surface area contributed by atoms with Crippen LogP contribution in [0, 0.1) is 0 Å². The molecule has 0 bridgehead atoms. The first kappa shape index (κ1) is 27.5. The number of rotatable bonds is 8. The van der Waals surface area contributed by atoms with Crippen molar-refractivity contribution >= 4 is 17.9 Å². The third kappa shape index (κ3) is 6.50. The smallest absolute Gasteiger partial charge is 0.333 e. The summed E-state index contributed by atoms with van der Waals surface area (Å²) in [6, 6.07) is 18.3. The molecule has 4 atom stereocenters. The molecule has 0 radical (unpaired) electrons. The molecule has 2 aromatic carbocycles. The highest BCUT2D eigenvalue weighted by Crippen LogP contribution is 2.33. The summed E-state index contributed by atoms with van der Waals surface area (Å²) in [4.78, 5) is 61.5. The average Bonchev–Trinajstić information content (AvgIpc) is 3.21. The molecule has 11 nitrogen and oxygen atoms in total. The Morgan fingerprint density at radius 2 is 1.49 bits per heavy atom. The number of benzene rings is 2. The van der Waals surface area contributed by atoms with Crippen LogP contribution < -0.4 is 11.2 Å². The zero-order valence-electron chi connectivity index (χ0n) is 21.6. The van der Waals surface area contributed by atoms with Crippen LogP contribution in [0.1, 0.15) is 32.6 Å². The summed E-state index contributed by atoms with van der Waals surface area (Å²) in [5, 5.41) is 0. The first-order valence-corrected chi connectivity index (χ1v) is 12.2. The summed E-state index contributed by atoms with van der Waals surface area (Å²) < 4.78 is 23.9. The molecule has 11 heteroatoms. The fourth-order valence-corrected chi connectivity index (χ4v) is 4.45. The lowest BCUT2D eigenvalue weighted by molar-refractivity contribution is -0.166. The van der Waals surface area contributed by atoms with Crippen molar-refractivity contribution < 1.29 is 33.3 Å². The monoisotopic (exact) mass is 536 g/mol. The van der Waals surface area contributed by atoms with E-state index in [1.54, 1.807) is 6.07 Å². The molecule has 1 aliphatic rings. The van der Waals surface area contributed by atoms with Gasteiger partial charge in [-0.2, -0.15) is 0 Å². The van der Waals surface area contributed by atoms with Crippen molar-refractivity contribution in [1.82, 2.24) is 9.13 Å². The highest BCUT2D eigenvalue weighted by Gasteiger charge is 2.51. The largest absolute Gasteiger partial charge is 0.463 e. The number of carbonyl (C=O) groups excluding carboxylic acids is 3. The van der Waals surface area contributed by atoms with Gasteiger partial charge in [0.25, 0.3) is 5.56 Å². The van der Waals surface area contributed by atoms with Crippen molar-refractivity contribution in [3.05, 3.63) is 93.3 Å². The predicted molar refractivity (Wildman–Crippen MR) is 138 cm³/mol. The van der Waals surface area contributed by atoms with Gasteiger partial charge in [-0.3, -0.25) is 28.3 Å². The van der Waals surface area contributed by atoms with E-state index in [1.165, 1.54) is 19.2 Å². The van der Waals surface area contributed by atoms with E-state index in [9.17, 15) is 24.0 Å². The van der Waals surface area contributed by atoms with E-state index in [-0.39, 0.29) is 13.2 Å². The quantitative estimate of drug-likeness (QED) is 0.313. The van der Waals surface area contributed by atoms with Crippen LogP contribution in [0.2, 0.25) is 0 Å². The molecule has 0 aliphatic carbocycles. The van der Waals surface area contributed by atoms with Gasteiger partial charge >= 0.3 is 23.6 Å². The molecule has 204 valence electrons. The highest BCUT2D eigenvalue weighted by atomic mass is 16.7. The van der Waals surface area contributed by atoms with Gasteiger partial charge in [-0.1, -0.05) is 48.5 Å². The summed E-state index contributed by atoms with van der Waals surface area (Å²) >= 11 is 0. The van der Waals surface area contributed by atoms with E-state index in [0.29, 0.717) is 5.56 Å². The Bertz CT molecular complexity index is 1480. The predicted octanol–water partition coefficient (Wildman–Crippen LogP) is 2.05. The maximum atomic E-state index is 13.6. The molecule has 0 spiro atoms. The average molecular weight is 537 g/mol. The summed E-state index contributed by atoms with van der Waals surface area (Å²) in [5.74, 6) is -2.00. The second-order valence-electron chi connectivity index (χ2n) is 9.01. The molecule has 0 N–H and O–H groups in total. The molecule has 1 aromatic heterocycles. The van der Waals surface area contributed by atoms with Crippen molar-refractivity contribution in [2.45, 2.75) is 51.9 Å². The van der Waals surface area contributed by atoms with Gasteiger partial charge in [0.2, 0.25) is 0 Å². The molecule has 2 unspecified atom stereocenters. The Morgan fingerprint density at radius 3 is 2.15 bits per heavy atom. The number of esters is 3. The summed E-state index contributed by atoms with van der Waals surface area (Å²) in [6.45, 7) is 3.17. The van der Waals surface area contributed by atoms with Gasteiger partial charge in [-0.05, 0) is 22.8 Å². The van der Waals surface area contributed by atoms with Crippen LogP contribution >= 0.6 is 0 Å². The maximum Gasteiger partial charge on any atom is 0.333 e. The summed E-state index contributed by atoms with van der Waals surface area (Å²) in [5.41, 5.74) is 1.34. The van der Waals surface area contributed by atoms with Gasteiger partial charge in [0.15, 0.2) is 18.4 Å². The molecule has 39 heavy (non-hydrogen) atoms. The standard InChI is InChI=1S/C28H28N2O9/c1-17(31)36-16-23-25(37-18(2)32)26(38-19(3)33)27(39-23)29-13-12-24(34)30(28(29)35)15-20-8-7-11-22(14-20)21-9-5-4-6-10-21/h4-14,23,25-27H,15-16H2,1-3H3/t23-,25?,26?,27-/m1/s1. The second-order valence-corrected chi connectivity index (χ2v) is 9.01. The first-order valence-electron chi connectivity index (χ1n) is 12.2. The third-order valence-corrected chi connectivity index (χ3v) is 6.08. The zero-order valence-corrected chi connectivity index (χ0v) is 21.6. The van der Waals surface area contributed by atoms with Crippen molar-refractivity contribution in [3.8, 4) is 11.1 Å². The fourth-order valence-electron chi connectivity index (χ4n) is 4.45. The Labute approximate surface area is 223 Å². The minimum absolute atomic E-state index is 0.0334. The lowest BCUT2D eigenvalue weighted by Crippen LogP contribution is -2.45. The Kier molecular flexibility index (Phi) is 8.40. The van der Waals surface area contributed by atoms with E-state index < -0.39 is 53.7 Å². The molecule has 2 heterocycles. The zero-order chi connectivity index (χ0) is 28.1. The SMILES string of the molecule is CC(=O)OC[C@H]1O[C@@H](n2ccc(=O)n(Cc3cccc(-c4ccccc4)c3)c2=O)C(OC(C)=O)C1OC(C)=O. The van der Waals surface area contributed by atoms with Crippen molar-refractivity contribution in [2.75, 3.05) is 6.61 Å². The molecule has 1 saturated heterocycles. The summed E-state index contributed by atoms with van der Waals surface area (Å²) in [6.07, 6.45) is -3.51. The number of ether oxygens (including phenoxy) is 4.